The number of carbonyl (C=O) groups is 3. The molecule has 3 aromatic carbocycles. The van der Waals surface area contributed by atoms with Crippen LogP contribution in [-0.2, 0) is 87.6 Å². The number of hydrogen-bond acceptors (Lipinski definition) is 24. The van der Waals surface area contributed by atoms with Gasteiger partial charge in [0.2, 0.25) is 0 Å². The summed E-state index contributed by atoms with van der Waals surface area (Å²) in [5, 5.41) is 26.6. The first kappa shape index (κ1) is 83.2. The zero-order chi connectivity index (χ0) is 73.8. The first-order valence-corrected chi connectivity index (χ1v) is 44.5. The van der Waals surface area contributed by atoms with Crippen LogP contribution >= 0.6 is 0 Å². The van der Waals surface area contributed by atoms with E-state index >= 15 is 0 Å². The fraction of sp³-hybridized carbons (Fsp3) is 0.691. The summed E-state index contributed by atoms with van der Waals surface area (Å²) in [5.74, 6) is -0.784. The Hall–Kier alpha value is -5.07. The molecule has 6 N–H and O–H groups in total. The summed E-state index contributed by atoms with van der Waals surface area (Å²) in [6, 6.07) is 17.1. The van der Waals surface area contributed by atoms with Crippen molar-refractivity contribution in [1.82, 2.24) is 16.4 Å². The molecule has 0 radical (unpaired) electrons. The quantitative estimate of drug-likeness (QED) is 0.0230. The molecule has 0 bridgehead atoms. The largest absolute Gasteiger partial charge is 0.494 e. The van der Waals surface area contributed by atoms with Crippen LogP contribution in [0.5, 0.6) is 17.2 Å². The molecule has 3 saturated heterocycles. The van der Waals surface area contributed by atoms with Gasteiger partial charge in [-0.3, -0.25) is 30.0 Å². The summed E-state index contributed by atoms with van der Waals surface area (Å²) in [6.07, 6.45) is 13.9. The predicted octanol–water partition coefficient (Wildman–Crippen LogP) is 7.76. The van der Waals surface area contributed by atoms with E-state index in [2.05, 4.69) is 20.8 Å². The summed E-state index contributed by atoms with van der Waals surface area (Å²) in [5.41, 5.74) is 4.67. The van der Waals surface area contributed by atoms with Crippen LogP contribution < -0.4 is 30.7 Å². The van der Waals surface area contributed by atoms with Crippen LogP contribution in [0.25, 0.3) is 0 Å². The highest BCUT2D eigenvalue weighted by Crippen LogP contribution is 2.42. The number of carbonyl (C=O) groups excluding carboxylic acids is 3. The summed E-state index contributed by atoms with van der Waals surface area (Å²) in [7, 11) is -21.7. The average Bonchev–Trinajstić information content (AvgIpc) is 0.759. The Morgan fingerprint density at radius 1 is 0.386 bits per heavy atom. The molecule has 0 unspecified atom stereocenters. The summed E-state index contributed by atoms with van der Waals surface area (Å²) < 4.78 is 182. The first-order chi connectivity index (χ1) is 47.8. The van der Waals surface area contributed by atoms with Crippen molar-refractivity contribution < 1.29 is 109 Å². The number of nitrogens with one attached hydrogen (secondary N) is 3. The van der Waals surface area contributed by atoms with Gasteiger partial charge in [-0.2, -0.15) is 0 Å². The van der Waals surface area contributed by atoms with Crippen LogP contribution in [0.4, 0.5) is 0 Å². The van der Waals surface area contributed by atoms with Gasteiger partial charge in [-0.1, -0.05) is 59.3 Å². The highest BCUT2D eigenvalue weighted by molar-refractivity contribution is 7.94. The molecule has 3 amide bonds. The molecule has 3 saturated carbocycles. The second kappa shape index (κ2) is 36.8. The van der Waals surface area contributed by atoms with E-state index in [0.717, 1.165) is 77.0 Å². The van der Waals surface area contributed by atoms with Crippen LogP contribution in [0.2, 0.25) is 0 Å². The topological polar surface area (TPSA) is 408 Å². The van der Waals surface area contributed by atoms with Gasteiger partial charge in [0.05, 0.1) is 67.5 Å². The third-order valence-corrected chi connectivity index (χ3v) is 35.3. The van der Waals surface area contributed by atoms with E-state index in [4.69, 9.17) is 44.0 Å². The lowest BCUT2D eigenvalue weighted by molar-refractivity contribution is -0.135. The molecule has 27 nitrogen and oxygen atoms in total. The maximum absolute atomic E-state index is 13.3. The van der Waals surface area contributed by atoms with Crippen LogP contribution in [0.1, 0.15) is 175 Å². The van der Waals surface area contributed by atoms with Gasteiger partial charge in [0.15, 0.2) is 73.3 Å². The highest BCUT2D eigenvalue weighted by atomic mass is 32.2. The minimum Gasteiger partial charge on any atom is -0.494 e. The fourth-order valence-corrected chi connectivity index (χ4v) is 25.8. The van der Waals surface area contributed by atoms with E-state index < -0.39 is 91.0 Å². The van der Waals surface area contributed by atoms with Crippen molar-refractivity contribution >= 4 is 76.7 Å². The van der Waals surface area contributed by atoms with Crippen LogP contribution in [0.3, 0.4) is 0 Å². The van der Waals surface area contributed by atoms with E-state index in [1.165, 1.54) is 89.2 Å². The van der Waals surface area contributed by atoms with Crippen LogP contribution in [0.15, 0.2) is 87.5 Å². The summed E-state index contributed by atoms with van der Waals surface area (Å²) >= 11 is 0. The molecule has 0 atom stereocenters. The van der Waals surface area contributed by atoms with Crippen molar-refractivity contribution in [1.29, 1.82) is 0 Å². The number of rotatable bonds is 28. The van der Waals surface area contributed by atoms with Crippen molar-refractivity contribution in [2.45, 2.75) is 220 Å². The number of amides is 3. The lowest BCUT2D eigenvalue weighted by Gasteiger charge is -2.36. The zero-order valence-electron chi connectivity index (χ0n) is 58.1. The van der Waals surface area contributed by atoms with Gasteiger partial charge in [-0.25, -0.2) is 66.9 Å². The number of unbranched alkanes of at least 4 members (excludes halogenated alkanes) is 1. The van der Waals surface area contributed by atoms with E-state index in [-0.39, 0.29) is 144 Å². The van der Waals surface area contributed by atoms with Gasteiger partial charge in [0.1, 0.15) is 17.2 Å². The third kappa shape index (κ3) is 20.7. The number of benzene rings is 3. The molecule has 3 aliphatic carbocycles. The maximum atomic E-state index is 13.3. The standard InChI is InChI=1S/C25H39NO8S2.C22H33NO8S2.C21H31NO8S2/c1-24(2,3)19-5-9-21(10-6-19)35(29,30)18-4-15-34-20-7-11-22(12-8-20)36(31,32)25(23(27)26-28)13-16-33-17-14-25;24-21(23-25)22(12-15-30-16-13-22)33(28,29)20-10-8-18(9-11-20)31-14-4-5-17-32(26,27)19-6-2-1-3-7-19;23-20(22-24)21(11-14-29-15-12-21)32(27,28)19-9-7-17(8-10-19)30-13-4-16-31(25,26)18-5-2-1-3-6-18/h7-8,11-12,19,21,28H,4-6,9-10,13-18H2,1-3H3,(H,26,27);8-11,19,25H,1-7,12-17H2,(H,23,24);7-10,18,24H,1-6,11-16H2,(H,22,23). The van der Waals surface area contributed by atoms with Crippen molar-refractivity contribution in [2.75, 3.05) is 76.7 Å². The highest BCUT2D eigenvalue weighted by Gasteiger charge is 2.55. The molecule has 101 heavy (non-hydrogen) atoms. The molecule has 0 aromatic heterocycles. The molecular formula is C68H103N3O24S6. The Bertz CT molecular complexity index is 3870. The lowest BCUT2D eigenvalue weighted by Crippen LogP contribution is -2.54. The van der Waals surface area contributed by atoms with Crippen LogP contribution in [0, 0.1) is 11.3 Å². The van der Waals surface area contributed by atoms with E-state index in [9.17, 15) is 64.9 Å². The second-order valence-electron chi connectivity index (χ2n) is 28.0. The Labute approximate surface area is 596 Å². The number of hydroxylamine groups is 3. The van der Waals surface area contributed by atoms with E-state index in [1.54, 1.807) is 0 Å². The lowest BCUT2D eigenvalue weighted by atomic mass is 9.72. The Morgan fingerprint density at radius 3 is 0.911 bits per heavy atom. The molecule has 6 fully saturated rings. The Balaban J connectivity index is 0.000000213. The van der Waals surface area contributed by atoms with Gasteiger partial charge < -0.3 is 28.4 Å². The SMILES string of the molecule is CC(C)(C)C1CCC(S(=O)(=O)CCCOc2ccc(S(=O)(=O)C3(C(=O)NO)CCOCC3)cc2)CC1.O=C(NO)C1(S(=O)(=O)c2ccc(OCCCCS(=O)(=O)C3CCCCC3)cc2)CCOCC1.O=C(NO)C1(S(=O)(=O)c2ccc(OCCCS(=O)(=O)C3CCCCC3)cc2)CCOCC1. The van der Waals surface area contributed by atoms with Crippen molar-refractivity contribution in [3.05, 3.63) is 72.8 Å². The predicted molar refractivity (Wildman–Crippen MR) is 374 cm³/mol. The van der Waals surface area contributed by atoms with Gasteiger partial charge in [-0.15, -0.1) is 0 Å². The van der Waals surface area contributed by atoms with Crippen molar-refractivity contribution in [3.8, 4) is 17.2 Å². The molecule has 33 heteroatoms. The minimum atomic E-state index is -4.11. The number of hydrogen-bond donors (Lipinski definition) is 6. The molecule has 3 aromatic rings. The molecule has 6 aliphatic rings. The molecule has 3 aliphatic heterocycles. The van der Waals surface area contributed by atoms with Crippen molar-refractivity contribution in [2.24, 2.45) is 11.3 Å². The smallest absolute Gasteiger partial charge is 0.265 e. The number of sulfone groups is 6. The van der Waals surface area contributed by atoms with Crippen molar-refractivity contribution in [3.63, 3.8) is 0 Å². The molecule has 0 spiro atoms. The maximum Gasteiger partial charge on any atom is 0.265 e. The zero-order valence-corrected chi connectivity index (χ0v) is 63.0. The molecule has 570 valence electrons. The minimum absolute atomic E-state index is 0.0427. The fourth-order valence-electron chi connectivity index (χ4n) is 14.2. The Morgan fingerprint density at radius 2 is 0.644 bits per heavy atom. The van der Waals surface area contributed by atoms with Gasteiger partial charge in [-0.05, 0) is 200 Å². The van der Waals surface area contributed by atoms with E-state index in [1.807, 2.05) is 0 Å². The van der Waals surface area contributed by atoms with Gasteiger partial charge >= 0.3 is 0 Å². The first-order valence-electron chi connectivity index (χ1n) is 34.9. The Kier molecular flexibility index (Phi) is 30.3. The summed E-state index contributed by atoms with van der Waals surface area (Å²) in [4.78, 5) is 36.7. The van der Waals surface area contributed by atoms with Gasteiger partial charge in [0, 0.05) is 39.6 Å². The third-order valence-electron chi connectivity index (χ3n) is 20.7. The monoisotopic (exact) mass is 1540 g/mol. The molecule has 9 rings (SSSR count). The van der Waals surface area contributed by atoms with Crippen LogP contribution in [-0.4, -0.2) is 191 Å². The summed E-state index contributed by atoms with van der Waals surface area (Å²) in [6.45, 7) is 7.92. The second-order valence-corrected chi connectivity index (χ2v) is 42.0. The normalized spacial score (nSPS) is 21.0. The van der Waals surface area contributed by atoms with Gasteiger partial charge in [0.25, 0.3) is 17.7 Å². The average molecular weight is 1540 g/mol. The molecular weight excluding hydrogens is 1440 g/mol. The number of ether oxygens (including phenoxy) is 6. The molecule has 3 heterocycles. The van der Waals surface area contributed by atoms with E-state index in [0.29, 0.717) is 68.3 Å².